The van der Waals surface area contributed by atoms with Crippen molar-refractivity contribution in [2.24, 2.45) is 5.92 Å². The van der Waals surface area contributed by atoms with Crippen molar-refractivity contribution in [1.29, 1.82) is 0 Å². The number of thiophene rings is 1. The van der Waals surface area contributed by atoms with Gasteiger partial charge in [0.05, 0.1) is 14.2 Å². The maximum atomic E-state index is 12.6. The number of carbonyl (C=O) groups is 2. The molecule has 1 atom stereocenters. The number of methoxy groups -OCH3 is 2. The van der Waals surface area contributed by atoms with E-state index in [1.54, 1.807) is 6.08 Å². The van der Waals surface area contributed by atoms with Crippen LogP contribution in [0.3, 0.4) is 0 Å². The summed E-state index contributed by atoms with van der Waals surface area (Å²) < 4.78 is 11.1. The van der Waals surface area contributed by atoms with Crippen molar-refractivity contribution in [3.05, 3.63) is 118 Å². The molecule has 0 fully saturated rings. The molecule has 0 saturated carbocycles. The Morgan fingerprint density at radius 2 is 1.54 bits per heavy atom. The van der Waals surface area contributed by atoms with Gasteiger partial charge in [-0.2, -0.15) is 0 Å². The Balaban J connectivity index is 1.58. The molecule has 2 heterocycles. The first kappa shape index (κ1) is 28.2. The molecule has 7 heteroatoms. The fourth-order valence-electron chi connectivity index (χ4n) is 5.65. The van der Waals surface area contributed by atoms with Crippen LogP contribution in [0.5, 0.6) is 0 Å². The first-order valence-electron chi connectivity index (χ1n) is 13.6. The zero-order valence-corrected chi connectivity index (χ0v) is 24.5. The van der Waals surface area contributed by atoms with E-state index in [9.17, 15) is 9.59 Å². The minimum Gasteiger partial charge on any atom is -0.468 e. The number of likely N-dealkylation sites (N-methyl/N-ethyl adjacent to an activating group) is 1. The fourth-order valence-corrected chi connectivity index (χ4v) is 7.05. The number of H-pyrrole nitrogens is 1. The van der Waals surface area contributed by atoms with Gasteiger partial charge in [0.25, 0.3) is 0 Å². The number of nitrogens with zero attached hydrogens (tertiary/aromatic N) is 1. The summed E-state index contributed by atoms with van der Waals surface area (Å²) in [5.74, 6) is -2.38. The lowest BCUT2D eigenvalue weighted by molar-refractivity contribution is -0.157. The highest BCUT2D eigenvalue weighted by atomic mass is 32.1. The van der Waals surface area contributed by atoms with Crippen LogP contribution in [-0.4, -0.2) is 49.6 Å². The second kappa shape index (κ2) is 12.4. The van der Waals surface area contributed by atoms with Gasteiger partial charge in [0.2, 0.25) is 0 Å². The smallest absolute Gasteiger partial charge is 0.326 e. The number of hydrogen-bond donors (Lipinski definition) is 1. The Bertz CT molecular complexity index is 1690. The van der Waals surface area contributed by atoms with E-state index in [0.29, 0.717) is 18.7 Å². The summed E-state index contributed by atoms with van der Waals surface area (Å²) in [6.45, 7) is 2.41. The van der Waals surface area contributed by atoms with Crippen LogP contribution in [0.1, 0.15) is 34.4 Å². The summed E-state index contributed by atoms with van der Waals surface area (Å²) in [4.78, 5) is 31.9. The summed E-state index contributed by atoms with van der Waals surface area (Å²) in [5, 5.41) is 2.43. The molecule has 0 aliphatic rings. The lowest BCUT2D eigenvalue weighted by Gasteiger charge is -2.27. The Kier molecular flexibility index (Phi) is 8.55. The van der Waals surface area contributed by atoms with E-state index in [1.165, 1.54) is 51.3 Å². The number of rotatable bonds is 10. The normalized spacial score (nSPS) is 12.6. The standard InChI is InChI=1S/C34H34N2O4S/c1-5-28(31(33(37)39-3)34(38)40-4)36(2)20-19-25-24-16-10-12-18-29(24)41-32(25)30(22-13-7-6-8-14-22)26-21-35-27-17-11-9-15-23(26)27/h5-18,21,30-31,35H,19-20H2,1-4H3/b28-5+. The van der Waals surface area contributed by atoms with Crippen molar-refractivity contribution in [2.75, 3.05) is 27.8 Å². The van der Waals surface area contributed by atoms with Gasteiger partial charge in [-0.1, -0.05) is 72.8 Å². The van der Waals surface area contributed by atoms with Gasteiger partial charge in [-0.05, 0) is 47.6 Å². The average molecular weight is 567 g/mol. The zero-order chi connectivity index (χ0) is 28.9. The summed E-state index contributed by atoms with van der Waals surface area (Å²) in [6, 6.07) is 27.6. The van der Waals surface area contributed by atoms with Crippen LogP contribution in [-0.2, 0) is 25.5 Å². The predicted octanol–water partition coefficient (Wildman–Crippen LogP) is 6.90. The van der Waals surface area contributed by atoms with Crippen LogP contribution in [0.25, 0.3) is 21.0 Å². The van der Waals surface area contributed by atoms with Gasteiger partial charge in [0.1, 0.15) is 0 Å². The van der Waals surface area contributed by atoms with Gasteiger partial charge in [-0.15, -0.1) is 11.3 Å². The van der Waals surface area contributed by atoms with Gasteiger partial charge in [0.15, 0.2) is 5.92 Å². The van der Waals surface area contributed by atoms with Crippen molar-refractivity contribution < 1.29 is 19.1 Å². The quantitative estimate of drug-likeness (QED) is 0.147. The molecule has 1 N–H and O–H groups in total. The number of ether oxygens (including phenoxy) is 2. The first-order chi connectivity index (χ1) is 20.0. The summed E-state index contributed by atoms with van der Waals surface area (Å²) in [7, 11) is 4.46. The van der Waals surface area contributed by atoms with E-state index in [1.807, 2.05) is 36.3 Å². The van der Waals surface area contributed by atoms with E-state index in [-0.39, 0.29) is 5.92 Å². The van der Waals surface area contributed by atoms with Crippen molar-refractivity contribution in [2.45, 2.75) is 19.3 Å². The molecule has 0 saturated heterocycles. The Hall–Kier alpha value is -4.36. The van der Waals surface area contributed by atoms with Crippen LogP contribution < -0.4 is 0 Å². The number of esters is 2. The van der Waals surface area contributed by atoms with E-state index >= 15 is 0 Å². The molecule has 0 spiro atoms. The highest BCUT2D eigenvalue weighted by Gasteiger charge is 2.34. The molecule has 5 aromatic rings. The number of benzene rings is 3. The molecule has 0 aliphatic heterocycles. The Morgan fingerprint density at radius 1 is 0.902 bits per heavy atom. The number of para-hydroxylation sites is 1. The maximum absolute atomic E-state index is 12.6. The largest absolute Gasteiger partial charge is 0.468 e. The van der Waals surface area contributed by atoms with Crippen LogP contribution >= 0.6 is 11.3 Å². The Morgan fingerprint density at radius 3 is 2.22 bits per heavy atom. The highest BCUT2D eigenvalue weighted by molar-refractivity contribution is 7.19. The number of aromatic amines is 1. The lowest BCUT2D eigenvalue weighted by atomic mass is 9.86. The SMILES string of the molecule is C/C=C(\C(C(=O)OC)C(=O)OC)N(C)CCc1c(C(c2ccccc2)c2c[nH]c3ccccc23)sc2ccccc12. The molecule has 3 aromatic carbocycles. The predicted molar refractivity (Wildman–Crippen MR) is 165 cm³/mol. The van der Waals surface area contributed by atoms with Gasteiger partial charge >= 0.3 is 11.9 Å². The summed E-state index contributed by atoms with van der Waals surface area (Å²) in [5.41, 5.74) is 5.39. The molecule has 6 nitrogen and oxygen atoms in total. The Labute approximate surface area is 244 Å². The topological polar surface area (TPSA) is 71.6 Å². The number of fused-ring (bicyclic) bond motifs is 2. The molecule has 0 aliphatic carbocycles. The molecular formula is C34H34N2O4S. The van der Waals surface area contributed by atoms with E-state index in [0.717, 1.165) is 5.52 Å². The molecule has 210 valence electrons. The van der Waals surface area contributed by atoms with Crippen LogP contribution in [0.2, 0.25) is 0 Å². The molecule has 1 unspecified atom stereocenters. The van der Waals surface area contributed by atoms with Crippen LogP contribution in [0.15, 0.2) is 96.8 Å². The maximum Gasteiger partial charge on any atom is 0.326 e. The number of aromatic nitrogens is 1. The minimum absolute atomic E-state index is 0.0316. The third kappa shape index (κ3) is 5.50. The third-order valence-electron chi connectivity index (χ3n) is 7.66. The van der Waals surface area contributed by atoms with Gasteiger partial charge in [-0.25, -0.2) is 0 Å². The van der Waals surface area contributed by atoms with E-state index in [4.69, 9.17) is 9.47 Å². The number of allylic oxidation sites excluding steroid dienone is 1. The number of hydrogen-bond acceptors (Lipinski definition) is 6. The van der Waals surface area contributed by atoms with E-state index < -0.39 is 17.9 Å². The van der Waals surface area contributed by atoms with Crippen LogP contribution in [0.4, 0.5) is 0 Å². The summed E-state index contributed by atoms with van der Waals surface area (Å²) >= 11 is 1.83. The first-order valence-corrected chi connectivity index (χ1v) is 14.4. The van der Waals surface area contributed by atoms with Gasteiger partial charge < -0.3 is 19.4 Å². The van der Waals surface area contributed by atoms with Crippen molar-refractivity contribution in [3.63, 3.8) is 0 Å². The lowest BCUT2D eigenvalue weighted by Crippen LogP contribution is -2.36. The van der Waals surface area contributed by atoms with Crippen molar-refractivity contribution in [1.82, 2.24) is 9.88 Å². The zero-order valence-electron chi connectivity index (χ0n) is 23.7. The highest BCUT2D eigenvalue weighted by Crippen LogP contribution is 2.44. The van der Waals surface area contributed by atoms with Crippen molar-refractivity contribution in [3.8, 4) is 0 Å². The average Bonchev–Trinajstić information content (AvgIpc) is 3.60. The van der Waals surface area contributed by atoms with Gasteiger partial charge in [-0.3, -0.25) is 9.59 Å². The third-order valence-corrected chi connectivity index (χ3v) is 8.94. The van der Waals surface area contributed by atoms with Crippen molar-refractivity contribution >= 4 is 44.3 Å². The van der Waals surface area contributed by atoms with Gasteiger partial charge in [0, 0.05) is 51.9 Å². The minimum atomic E-state index is -1.14. The summed E-state index contributed by atoms with van der Waals surface area (Å²) in [6.07, 6.45) is 4.63. The number of carbonyl (C=O) groups excluding carboxylic acids is 2. The fraction of sp³-hybridized carbons (Fsp3) is 0.235. The molecule has 5 rings (SSSR count). The second-order valence-electron chi connectivity index (χ2n) is 9.94. The number of nitrogens with one attached hydrogen (secondary N) is 1. The molecular weight excluding hydrogens is 532 g/mol. The molecule has 41 heavy (non-hydrogen) atoms. The molecule has 0 amide bonds. The molecule has 2 aromatic heterocycles. The second-order valence-corrected chi connectivity index (χ2v) is 11.0. The molecule has 0 radical (unpaired) electrons. The molecule has 0 bridgehead atoms. The monoisotopic (exact) mass is 566 g/mol. The van der Waals surface area contributed by atoms with E-state index in [2.05, 4.69) is 84.0 Å². The van der Waals surface area contributed by atoms with Crippen LogP contribution in [0, 0.1) is 5.92 Å².